The first-order chi connectivity index (χ1) is 20.2. The normalized spacial score (nSPS) is 19.9. The molecule has 1 aromatic heterocycles. The van der Waals surface area contributed by atoms with E-state index in [1.54, 1.807) is 49.7 Å². The topological polar surface area (TPSA) is 106 Å². The van der Waals surface area contributed by atoms with Gasteiger partial charge in [0.15, 0.2) is 17.4 Å². The molecular formula is C34H43FN4O4. The molecule has 0 saturated carbocycles. The van der Waals surface area contributed by atoms with Crippen molar-refractivity contribution in [2.45, 2.75) is 87.5 Å². The zero-order valence-electron chi connectivity index (χ0n) is 26.5. The number of aryl methyl sites for hydroxylation is 1. The van der Waals surface area contributed by atoms with E-state index in [0.717, 1.165) is 29.7 Å². The van der Waals surface area contributed by atoms with Gasteiger partial charge in [0, 0.05) is 24.1 Å². The molecule has 2 aliphatic rings. The zero-order chi connectivity index (χ0) is 31.6. The smallest absolute Gasteiger partial charge is 0.251 e. The summed E-state index contributed by atoms with van der Waals surface area (Å²) in [5, 5.41) is 18.2. The predicted octanol–water partition coefficient (Wildman–Crippen LogP) is 6.64. The summed E-state index contributed by atoms with van der Waals surface area (Å²) >= 11 is 0. The molecule has 1 aromatic carbocycles. The van der Waals surface area contributed by atoms with Crippen LogP contribution in [0, 0.1) is 24.1 Å². The van der Waals surface area contributed by atoms with E-state index in [1.165, 1.54) is 13.0 Å². The SMILES string of the molecule is CCC(C)C1=C(/C=C(\C)C(=O)Nc2c(C)ccc(/C(C)=C/C(=Nc3cc4n(n3)CCOC4)C(C)=O)c2F)C(O)C(C)(C)C1. The first-order valence-electron chi connectivity index (χ1n) is 14.9. The lowest BCUT2D eigenvalue weighted by Gasteiger charge is -2.24. The lowest BCUT2D eigenvalue weighted by molar-refractivity contribution is -0.113. The number of amides is 1. The highest BCUT2D eigenvalue weighted by Crippen LogP contribution is 2.45. The van der Waals surface area contributed by atoms with Crippen LogP contribution in [0.2, 0.25) is 0 Å². The van der Waals surface area contributed by atoms with Gasteiger partial charge in [-0.1, -0.05) is 45.4 Å². The largest absolute Gasteiger partial charge is 0.388 e. The third-order valence-electron chi connectivity index (χ3n) is 8.50. The molecule has 0 radical (unpaired) electrons. The quantitative estimate of drug-likeness (QED) is 0.251. The van der Waals surface area contributed by atoms with Gasteiger partial charge in [-0.25, -0.2) is 9.38 Å². The number of Topliss-reactive ketones (excluding diaryl/α,β-unsaturated/α-hetero) is 1. The van der Waals surface area contributed by atoms with E-state index in [9.17, 15) is 14.7 Å². The Balaban J connectivity index is 1.62. The summed E-state index contributed by atoms with van der Waals surface area (Å²) in [4.78, 5) is 30.2. The fourth-order valence-corrected chi connectivity index (χ4v) is 5.56. The van der Waals surface area contributed by atoms with Gasteiger partial charge in [-0.15, -0.1) is 0 Å². The lowest BCUT2D eigenvalue weighted by atomic mass is 9.85. The number of aromatic nitrogens is 2. The molecule has 0 spiro atoms. The summed E-state index contributed by atoms with van der Waals surface area (Å²) in [6, 6.07) is 5.12. The highest BCUT2D eigenvalue weighted by molar-refractivity contribution is 6.44. The highest BCUT2D eigenvalue weighted by Gasteiger charge is 2.40. The Morgan fingerprint density at radius 3 is 2.67 bits per heavy atom. The van der Waals surface area contributed by atoms with Crippen molar-refractivity contribution in [3.8, 4) is 0 Å². The third-order valence-corrected chi connectivity index (χ3v) is 8.50. The number of ketones is 1. The van der Waals surface area contributed by atoms with Crippen molar-refractivity contribution >= 4 is 34.5 Å². The number of benzene rings is 1. The Morgan fingerprint density at radius 1 is 1.30 bits per heavy atom. The number of fused-ring (bicyclic) bond motifs is 1. The minimum Gasteiger partial charge on any atom is -0.388 e. The monoisotopic (exact) mass is 590 g/mol. The van der Waals surface area contributed by atoms with Gasteiger partial charge >= 0.3 is 0 Å². The zero-order valence-corrected chi connectivity index (χ0v) is 26.5. The molecule has 2 unspecified atom stereocenters. The van der Waals surface area contributed by atoms with E-state index < -0.39 is 17.8 Å². The summed E-state index contributed by atoms with van der Waals surface area (Å²) in [5.74, 6) is -0.675. The molecule has 2 aromatic rings. The number of nitrogens with one attached hydrogen (secondary N) is 1. The molecule has 4 rings (SSSR count). The maximum Gasteiger partial charge on any atom is 0.251 e. The van der Waals surface area contributed by atoms with E-state index >= 15 is 4.39 Å². The maximum absolute atomic E-state index is 15.9. The van der Waals surface area contributed by atoms with Gasteiger partial charge in [-0.3, -0.25) is 14.3 Å². The van der Waals surface area contributed by atoms with E-state index in [1.807, 2.05) is 13.8 Å². The summed E-state index contributed by atoms with van der Waals surface area (Å²) in [6.07, 6.45) is 4.28. The second-order valence-corrected chi connectivity index (χ2v) is 12.4. The van der Waals surface area contributed by atoms with E-state index in [4.69, 9.17) is 4.74 Å². The molecule has 1 amide bonds. The van der Waals surface area contributed by atoms with Crippen LogP contribution in [0.4, 0.5) is 15.9 Å². The number of aliphatic imine (C=N–C) groups is 1. The van der Waals surface area contributed by atoms with Crippen molar-refractivity contribution < 1.29 is 23.8 Å². The first kappa shape index (κ1) is 32.2. The molecule has 0 bridgehead atoms. The predicted molar refractivity (Wildman–Crippen MR) is 168 cm³/mol. The molecule has 9 heteroatoms. The second-order valence-electron chi connectivity index (χ2n) is 12.4. The molecule has 43 heavy (non-hydrogen) atoms. The number of ether oxygens (including phenoxy) is 1. The van der Waals surface area contributed by atoms with Crippen LogP contribution in [0.3, 0.4) is 0 Å². The van der Waals surface area contributed by atoms with Gasteiger partial charge in [0.25, 0.3) is 5.91 Å². The number of nitrogens with zero attached hydrogens (tertiary/aromatic N) is 3. The third kappa shape index (κ3) is 6.94. The van der Waals surface area contributed by atoms with Crippen LogP contribution in [0.15, 0.2) is 52.1 Å². The summed E-state index contributed by atoms with van der Waals surface area (Å²) in [7, 11) is 0. The number of allylic oxidation sites excluding steroid dienone is 3. The van der Waals surface area contributed by atoms with Crippen LogP contribution in [0.5, 0.6) is 0 Å². The van der Waals surface area contributed by atoms with Crippen LogP contribution in [0.1, 0.15) is 78.1 Å². The van der Waals surface area contributed by atoms with Crippen LogP contribution in [-0.2, 0) is 27.5 Å². The number of carbonyl (C=O) groups is 2. The minimum atomic E-state index is -0.688. The number of carbonyl (C=O) groups excluding carboxylic acids is 2. The minimum absolute atomic E-state index is 0.0644. The maximum atomic E-state index is 15.9. The molecule has 0 fully saturated rings. The molecule has 8 nitrogen and oxygen atoms in total. The number of hydrogen-bond acceptors (Lipinski definition) is 6. The van der Waals surface area contributed by atoms with Gasteiger partial charge in [0.1, 0.15) is 5.71 Å². The van der Waals surface area contributed by atoms with Crippen LogP contribution >= 0.6 is 0 Å². The number of aliphatic hydroxyl groups excluding tert-OH is 1. The fourth-order valence-electron chi connectivity index (χ4n) is 5.56. The Hall–Kier alpha value is -3.69. The number of aliphatic hydroxyl groups is 1. The van der Waals surface area contributed by atoms with Crippen molar-refractivity contribution in [2.75, 3.05) is 11.9 Å². The summed E-state index contributed by atoms with van der Waals surface area (Å²) < 4.78 is 23.2. The Bertz CT molecular complexity index is 1540. The molecule has 2 atom stereocenters. The van der Waals surface area contributed by atoms with Crippen molar-refractivity contribution in [2.24, 2.45) is 16.3 Å². The van der Waals surface area contributed by atoms with Crippen molar-refractivity contribution in [1.29, 1.82) is 0 Å². The number of rotatable bonds is 9. The number of hydrogen-bond donors (Lipinski definition) is 2. The standard InChI is InChI=1S/C34H43FN4O4/c1-9-19(2)27-17-34(7,8)32(41)26(27)14-22(5)33(42)37-31-20(3)10-11-25(30(31)35)21(4)15-28(23(6)40)36-29-16-24-18-43-13-12-39(24)38-29/h10-11,14-16,19,32,41H,9,12-13,17-18H2,1-8H3,(H,37,42)/b21-15+,22-14+,36-28?. The Kier molecular flexibility index (Phi) is 9.66. The van der Waals surface area contributed by atoms with Gasteiger partial charge in [-0.05, 0) is 73.8 Å². The van der Waals surface area contributed by atoms with Crippen molar-refractivity contribution in [1.82, 2.24) is 9.78 Å². The van der Waals surface area contributed by atoms with E-state index in [2.05, 4.69) is 29.3 Å². The lowest BCUT2D eigenvalue weighted by Crippen LogP contribution is -2.25. The van der Waals surface area contributed by atoms with Crippen LogP contribution in [-0.4, -0.2) is 45.0 Å². The van der Waals surface area contributed by atoms with Gasteiger partial charge in [0.2, 0.25) is 0 Å². The van der Waals surface area contributed by atoms with Gasteiger partial charge in [-0.2, -0.15) is 5.10 Å². The summed E-state index contributed by atoms with van der Waals surface area (Å²) in [6.45, 7) is 16.4. The van der Waals surface area contributed by atoms with Crippen LogP contribution in [0.25, 0.3) is 5.57 Å². The average molecular weight is 591 g/mol. The molecule has 0 saturated heterocycles. The second kappa shape index (κ2) is 12.9. The molecule has 1 aliphatic heterocycles. The highest BCUT2D eigenvalue weighted by atomic mass is 19.1. The van der Waals surface area contributed by atoms with E-state index in [0.29, 0.717) is 42.3 Å². The summed E-state index contributed by atoms with van der Waals surface area (Å²) in [5.41, 5.74) is 4.34. The van der Waals surface area contributed by atoms with Crippen molar-refractivity contribution in [3.63, 3.8) is 0 Å². The molecule has 230 valence electrons. The van der Waals surface area contributed by atoms with Gasteiger partial charge in [0.05, 0.1) is 37.2 Å². The van der Waals surface area contributed by atoms with Crippen molar-refractivity contribution in [3.05, 3.63) is 69.7 Å². The molecule has 1 aliphatic carbocycles. The number of anilines is 1. The molecule has 2 N–H and O–H groups in total. The molecule has 2 heterocycles. The fraction of sp³-hybridized carbons (Fsp3) is 0.471. The molecular weight excluding hydrogens is 547 g/mol. The average Bonchev–Trinajstić information content (AvgIpc) is 3.47. The first-order valence-corrected chi connectivity index (χ1v) is 14.9. The van der Waals surface area contributed by atoms with Gasteiger partial charge < -0.3 is 15.2 Å². The Labute approximate surface area is 253 Å². The van der Waals surface area contributed by atoms with E-state index in [-0.39, 0.29) is 34.1 Å². The Morgan fingerprint density at radius 2 is 2.02 bits per heavy atom. The van der Waals surface area contributed by atoms with Crippen LogP contribution < -0.4 is 5.32 Å². The number of halogens is 1.